The van der Waals surface area contributed by atoms with Crippen LogP contribution in [-0.2, 0) is 20.8 Å². The highest BCUT2D eigenvalue weighted by molar-refractivity contribution is 8.00. The minimum atomic E-state index is -0.809. The van der Waals surface area contributed by atoms with Gasteiger partial charge in [0.2, 0.25) is 11.8 Å². The summed E-state index contributed by atoms with van der Waals surface area (Å²) in [7, 11) is 0. The fourth-order valence-corrected chi connectivity index (χ4v) is 4.74. The Morgan fingerprint density at radius 1 is 1.26 bits per heavy atom. The first kappa shape index (κ1) is 19.7. The van der Waals surface area contributed by atoms with Gasteiger partial charge >= 0.3 is 5.97 Å². The van der Waals surface area contributed by atoms with Gasteiger partial charge in [-0.2, -0.15) is 0 Å². The van der Waals surface area contributed by atoms with E-state index in [9.17, 15) is 18.8 Å². The van der Waals surface area contributed by atoms with Crippen LogP contribution >= 0.6 is 11.8 Å². The van der Waals surface area contributed by atoms with Gasteiger partial charge < -0.3 is 15.3 Å². The van der Waals surface area contributed by atoms with Gasteiger partial charge in [0.05, 0.1) is 5.25 Å². The van der Waals surface area contributed by atoms with Gasteiger partial charge in [0.15, 0.2) is 0 Å². The summed E-state index contributed by atoms with van der Waals surface area (Å²) >= 11 is 1.38. The van der Waals surface area contributed by atoms with Crippen molar-refractivity contribution in [2.75, 3.05) is 18.8 Å². The SMILES string of the molecule is O=C(O)CC1CCN(C(=O)C2CSC(Cc3ccccc3F)C(=O)N2)CC1. The van der Waals surface area contributed by atoms with Gasteiger partial charge in [-0.25, -0.2) is 4.39 Å². The number of benzene rings is 1. The molecule has 2 aliphatic rings. The summed E-state index contributed by atoms with van der Waals surface area (Å²) < 4.78 is 13.8. The number of nitrogens with one attached hydrogen (secondary N) is 1. The van der Waals surface area contributed by atoms with E-state index in [0.717, 1.165) is 0 Å². The van der Waals surface area contributed by atoms with Crippen LogP contribution in [0, 0.1) is 11.7 Å². The van der Waals surface area contributed by atoms with E-state index >= 15 is 0 Å². The normalized spacial score (nSPS) is 23.7. The van der Waals surface area contributed by atoms with E-state index in [0.29, 0.717) is 43.7 Å². The third-order valence-electron chi connectivity index (χ3n) is 5.12. The van der Waals surface area contributed by atoms with Crippen LogP contribution in [0.2, 0.25) is 0 Å². The fraction of sp³-hybridized carbons (Fsp3) is 0.526. The van der Waals surface area contributed by atoms with Crippen molar-refractivity contribution in [3.63, 3.8) is 0 Å². The number of carboxylic acid groups (broad SMARTS) is 1. The Bertz CT molecular complexity index is 721. The largest absolute Gasteiger partial charge is 0.481 e. The number of hydrogen-bond acceptors (Lipinski definition) is 4. The molecule has 0 radical (unpaired) electrons. The average molecular weight is 394 g/mol. The molecule has 2 atom stereocenters. The molecule has 146 valence electrons. The molecule has 0 saturated carbocycles. The van der Waals surface area contributed by atoms with Gasteiger partial charge in [-0.3, -0.25) is 14.4 Å². The predicted octanol–water partition coefficient (Wildman–Crippen LogP) is 1.68. The summed E-state index contributed by atoms with van der Waals surface area (Å²) in [5.41, 5.74) is 0.496. The number of rotatable bonds is 5. The van der Waals surface area contributed by atoms with Crippen molar-refractivity contribution in [3.05, 3.63) is 35.6 Å². The van der Waals surface area contributed by atoms with Crippen molar-refractivity contribution >= 4 is 29.5 Å². The molecule has 6 nitrogen and oxygen atoms in total. The maximum atomic E-state index is 13.8. The number of likely N-dealkylation sites (tertiary alicyclic amines) is 1. The Balaban J connectivity index is 1.50. The minimum Gasteiger partial charge on any atom is -0.481 e. The molecule has 2 saturated heterocycles. The zero-order valence-corrected chi connectivity index (χ0v) is 15.7. The van der Waals surface area contributed by atoms with E-state index in [4.69, 9.17) is 5.11 Å². The summed E-state index contributed by atoms with van der Waals surface area (Å²) in [5.74, 6) is -0.932. The molecule has 2 aliphatic heterocycles. The summed E-state index contributed by atoms with van der Waals surface area (Å²) in [6.45, 7) is 1.04. The molecule has 0 bridgehead atoms. The quantitative estimate of drug-likeness (QED) is 0.794. The van der Waals surface area contributed by atoms with E-state index < -0.39 is 17.3 Å². The van der Waals surface area contributed by atoms with Crippen LogP contribution in [0.1, 0.15) is 24.8 Å². The lowest BCUT2D eigenvalue weighted by atomic mass is 9.93. The highest BCUT2D eigenvalue weighted by Crippen LogP contribution is 2.26. The Morgan fingerprint density at radius 3 is 2.59 bits per heavy atom. The lowest BCUT2D eigenvalue weighted by molar-refractivity contribution is -0.139. The first-order chi connectivity index (χ1) is 12.9. The van der Waals surface area contributed by atoms with Crippen LogP contribution in [0.15, 0.2) is 24.3 Å². The van der Waals surface area contributed by atoms with Crippen LogP contribution in [0.5, 0.6) is 0 Å². The monoisotopic (exact) mass is 394 g/mol. The van der Waals surface area contributed by atoms with Crippen molar-refractivity contribution in [1.82, 2.24) is 10.2 Å². The smallest absolute Gasteiger partial charge is 0.303 e. The zero-order chi connectivity index (χ0) is 19.4. The molecular weight excluding hydrogens is 371 g/mol. The Hall–Kier alpha value is -2.09. The highest BCUT2D eigenvalue weighted by atomic mass is 32.2. The summed E-state index contributed by atoms with van der Waals surface area (Å²) in [4.78, 5) is 37.6. The third kappa shape index (κ3) is 5.00. The van der Waals surface area contributed by atoms with Crippen molar-refractivity contribution < 1.29 is 23.9 Å². The highest BCUT2D eigenvalue weighted by Gasteiger charge is 2.36. The Morgan fingerprint density at radius 2 is 1.96 bits per heavy atom. The molecule has 8 heteroatoms. The lowest BCUT2D eigenvalue weighted by Crippen LogP contribution is -2.56. The molecule has 2 N–H and O–H groups in total. The number of nitrogens with zero attached hydrogens (tertiary/aromatic N) is 1. The molecule has 2 fully saturated rings. The zero-order valence-electron chi connectivity index (χ0n) is 14.9. The number of thioether (sulfide) groups is 1. The molecule has 1 aromatic rings. The van der Waals surface area contributed by atoms with Crippen molar-refractivity contribution in [3.8, 4) is 0 Å². The molecule has 3 rings (SSSR count). The number of carboxylic acids is 1. The van der Waals surface area contributed by atoms with Crippen molar-refractivity contribution in [2.45, 2.75) is 37.0 Å². The van der Waals surface area contributed by atoms with Crippen molar-refractivity contribution in [2.24, 2.45) is 5.92 Å². The van der Waals surface area contributed by atoms with Gasteiger partial charge in [0.25, 0.3) is 0 Å². The van der Waals surface area contributed by atoms with Crippen LogP contribution in [0.25, 0.3) is 0 Å². The summed E-state index contributed by atoms with van der Waals surface area (Å²) in [6.07, 6.45) is 1.77. The van der Waals surface area contributed by atoms with Gasteiger partial charge in [0, 0.05) is 25.3 Å². The minimum absolute atomic E-state index is 0.104. The van der Waals surface area contributed by atoms with E-state index in [1.807, 2.05) is 0 Å². The van der Waals surface area contributed by atoms with Crippen molar-refractivity contribution in [1.29, 1.82) is 0 Å². The molecule has 2 heterocycles. The standard InChI is InChI=1S/C19H23FN2O4S/c20-14-4-2-1-3-13(14)10-16-18(25)21-15(11-27-16)19(26)22-7-5-12(6-8-22)9-17(23)24/h1-4,12,15-16H,5-11H2,(H,21,25)(H,23,24). The number of hydrogen-bond donors (Lipinski definition) is 2. The molecule has 2 unspecified atom stereocenters. The van der Waals surface area contributed by atoms with Crippen LogP contribution in [-0.4, -0.2) is 57.9 Å². The molecular formula is C19H23FN2O4S. The van der Waals surface area contributed by atoms with Gasteiger partial charge in [-0.15, -0.1) is 11.8 Å². The predicted molar refractivity (Wildman–Crippen MR) is 99.8 cm³/mol. The molecule has 2 amide bonds. The fourth-order valence-electron chi connectivity index (χ4n) is 3.57. The van der Waals surface area contributed by atoms with Gasteiger partial charge in [0.1, 0.15) is 11.9 Å². The maximum Gasteiger partial charge on any atom is 0.303 e. The summed E-state index contributed by atoms with van der Waals surface area (Å²) in [6, 6.07) is 5.82. The number of aliphatic carboxylic acids is 1. The third-order valence-corrected chi connectivity index (χ3v) is 6.43. The average Bonchev–Trinajstić information content (AvgIpc) is 2.64. The molecule has 1 aromatic carbocycles. The van der Waals surface area contributed by atoms with Crippen LogP contribution < -0.4 is 5.32 Å². The first-order valence-corrected chi connectivity index (χ1v) is 10.1. The van der Waals surface area contributed by atoms with Crippen LogP contribution in [0.3, 0.4) is 0 Å². The van der Waals surface area contributed by atoms with Gasteiger partial charge in [-0.05, 0) is 36.8 Å². The Labute approximate surface area is 161 Å². The molecule has 27 heavy (non-hydrogen) atoms. The maximum absolute atomic E-state index is 13.8. The first-order valence-electron chi connectivity index (χ1n) is 9.10. The Kier molecular flexibility index (Phi) is 6.36. The number of amides is 2. The number of piperidine rings is 1. The second-order valence-electron chi connectivity index (χ2n) is 7.05. The van der Waals surface area contributed by atoms with Gasteiger partial charge in [-0.1, -0.05) is 18.2 Å². The number of halogens is 1. The second-order valence-corrected chi connectivity index (χ2v) is 8.28. The lowest BCUT2D eigenvalue weighted by Gasteiger charge is -2.36. The van der Waals surface area contributed by atoms with E-state index in [1.165, 1.54) is 17.8 Å². The van der Waals surface area contributed by atoms with Crippen LogP contribution in [0.4, 0.5) is 4.39 Å². The second kappa shape index (κ2) is 8.73. The molecule has 0 spiro atoms. The molecule has 0 aliphatic carbocycles. The summed E-state index contributed by atoms with van der Waals surface area (Å²) in [5, 5.41) is 11.2. The topological polar surface area (TPSA) is 86.7 Å². The van der Waals surface area contributed by atoms with E-state index in [-0.39, 0.29) is 30.0 Å². The number of carbonyl (C=O) groups excluding carboxylic acids is 2. The van der Waals surface area contributed by atoms with E-state index in [1.54, 1.807) is 23.1 Å². The van der Waals surface area contributed by atoms with E-state index in [2.05, 4.69) is 5.32 Å². The molecule has 0 aromatic heterocycles. The number of carbonyl (C=O) groups is 3.